The lowest BCUT2D eigenvalue weighted by molar-refractivity contribution is -0.185. The lowest BCUT2D eigenvalue weighted by Crippen LogP contribution is -2.55. The minimum atomic E-state index is -4.06. The Labute approximate surface area is 172 Å². The van der Waals surface area contributed by atoms with E-state index in [-0.39, 0.29) is 42.7 Å². The summed E-state index contributed by atoms with van der Waals surface area (Å²) in [7, 11) is 5.94. The van der Waals surface area contributed by atoms with Crippen LogP contribution in [0.25, 0.3) is 0 Å². The molecule has 1 aliphatic carbocycles. The maximum absolute atomic E-state index is 12.9. The van der Waals surface area contributed by atoms with Crippen LogP contribution in [-0.2, 0) is 0 Å². The van der Waals surface area contributed by atoms with Crippen LogP contribution < -0.4 is 10.6 Å². The molecule has 1 saturated carbocycles. The smallest absolute Gasteiger partial charge is 0.356 e. The lowest BCUT2D eigenvalue weighted by atomic mass is 9.81. The van der Waals surface area contributed by atoms with Gasteiger partial charge in [0, 0.05) is 45.8 Å². The van der Waals surface area contributed by atoms with E-state index in [9.17, 15) is 13.2 Å². The van der Waals surface area contributed by atoms with Crippen LogP contribution >= 0.6 is 24.0 Å². The monoisotopic (exact) mass is 491 g/mol. The largest absolute Gasteiger partial charge is 0.391 e. The van der Waals surface area contributed by atoms with E-state index >= 15 is 0 Å². The molecule has 3 unspecified atom stereocenters. The van der Waals surface area contributed by atoms with E-state index in [0.29, 0.717) is 25.0 Å². The zero-order valence-electron chi connectivity index (χ0n) is 16.0. The zero-order chi connectivity index (χ0) is 18.4. The summed E-state index contributed by atoms with van der Waals surface area (Å²) in [5, 5.41) is 6.54. The first-order valence-corrected chi connectivity index (χ1v) is 9.19. The van der Waals surface area contributed by atoms with E-state index in [4.69, 9.17) is 0 Å². The molecule has 2 fully saturated rings. The van der Waals surface area contributed by atoms with Crippen molar-refractivity contribution in [2.24, 2.45) is 16.8 Å². The molecule has 0 amide bonds. The Hall–Kier alpha value is -0.290. The average molecular weight is 491 g/mol. The van der Waals surface area contributed by atoms with E-state index < -0.39 is 12.1 Å². The number of hydrogen-bond donors (Lipinski definition) is 2. The Bertz CT molecular complexity index is 447. The number of guanidine groups is 1. The molecule has 1 saturated heterocycles. The van der Waals surface area contributed by atoms with Gasteiger partial charge < -0.3 is 15.5 Å². The second-order valence-electron chi connectivity index (χ2n) is 7.50. The first-order valence-electron chi connectivity index (χ1n) is 9.19. The van der Waals surface area contributed by atoms with E-state index in [1.54, 1.807) is 7.05 Å². The van der Waals surface area contributed by atoms with Gasteiger partial charge in [-0.25, -0.2) is 0 Å². The van der Waals surface area contributed by atoms with E-state index in [2.05, 4.69) is 39.5 Å². The fourth-order valence-electron chi connectivity index (χ4n) is 3.77. The number of nitrogens with one attached hydrogen (secondary N) is 2. The Kier molecular flexibility index (Phi) is 9.95. The topological polar surface area (TPSA) is 42.9 Å². The lowest BCUT2D eigenvalue weighted by Gasteiger charge is -2.38. The maximum Gasteiger partial charge on any atom is 0.391 e. The van der Waals surface area contributed by atoms with Crippen LogP contribution in [0.5, 0.6) is 0 Å². The van der Waals surface area contributed by atoms with Gasteiger partial charge in [0.2, 0.25) is 0 Å². The van der Waals surface area contributed by atoms with Crippen molar-refractivity contribution in [3.8, 4) is 0 Å². The van der Waals surface area contributed by atoms with Gasteiger partial charge in [-0.2, -0.15) is 13.2 Å². The third kappa shape index (κ3) is 7.38. The molecular weight excluding hydrogens is 458 g/mol. The SMILES string of the molecule is CN=C(NCC1CCCC(C(F)(F)F)C1)NCC1CN(C)CCN1C.I. The second kappa shape index (κ2) is 10.9. The Morgan fingerprint density at radius 1 is 1.12 bits per heavy atom. The molecule has 0 spiro atoms. The molecule has 0 aromatic rings. The minimum Gasteiger partial charge on any atom is -0.356 e. The van der Waals surface area contributed by atoms with Crippen LogP contribution in [0.15, 0.2) is 4.99 Å². The molecule has 0 bridgehead atoms. The number of alkyl halides is 3. The summed E-state index contributed by atoms with van der Waals surface area (Å²) >= 11 is 0. The highest BCUT2D eigenvalue weighted by molar-refractivity contribution is 14.0. The molecule has 154 valence electrons. The number of hydrogen-bond acceptors (Lipinski definition) is 3. The molecule has 0 aromatic carbocycles. The third-order valence-electron chi connectivity index (χ3n) is 5.51. The second-order valence-corrected chi connectivity index (χ2v) is 7.50. The van der Waals surface area contributed by atoms with Crippen molar-refractivity contribution in [1.82, 2.24) is 20.4 Å². The highest BCUT2D eigenvalue weighted by Crippen LogP contribution is 2.39. The van der Waals surface area contributed by atoms with Crippen molar-refractivity contribution in [3.63, 3.8) is 0 Å². The van der Waals surface area contributed by atoms with Crippen molar-refractivity contribution in [2.45, 2.75) is 37.9 Å². The molecule has 0 aromatic heterocycles. The summed E-state index contributed by atoms with van der Waals surface area (Å²) in [5.74, 6) is -0.410. The molecule has 2 aliphatic rings. The molecule has 2 rings (SSSR count). The van der Waals surface area contributed by atoms with Crippen molar-refractivity contribution >= 4 is 29.9 Å². The minimum absolute atomic E-state index is 0. The fraction of sp³-hybridized carbons (Fsp3) is 0.941. The molecule has 1 aliphatic heterocycles. The van der Waals surface area contributed by atoms with Gasteiger partial charge in [0.1, 0.15) is 0 Å². The molecular formula is C17H33F3IN5. The summed E-state index contributed by atoms with van der Waals surface area (Å²) in [6.07, 6.45) is -2.05. The molecule has 2 N–H and O–H groups in total. The van der Waals surface area contributed by atoms with Crippen LogP contribution in [0.2, 0.25) is 0 Å². The summed E-state index contributed by atoms with van der Waals surface area (Å²) < 4.78 is 38.7. The summed E-state index contributed by atoms with van der Waals surface area (Å²) in [6.45, 7) is 4.43. The predicted molar refractivity (Wildman–Crippen MR) is 110 cm³/mol. The van der Waals surface area contributed by atoms with Crippen molar-refractivity contribution in [1.29, 1.82) is 0 Å². The van der Waals surface area contributed by atoms with Crippen molar-refractivity contribution < 1.29 is 13.2 Å². The summed E-state index contributed by atoms with van der Waals surface area (Å²) in [4.78, 5) is 8.84. The van der Waals surface area contributed by atoms with Crippen LogP contribution in [0, 0.1) is 11.8 Å². The molecule has 9 heteroatoms. The van der Waals surface area contributed by atoms with Crippen LogP contribution in [0.4, 0.5) is 13.2 Å². The van der Waals surface area contributed by atoms with E-state index in [1.807, 2.05) is 0 Å². The normalized spacial score (nSPS) is 29.2. The Balaban J connectivity index is 0.00000338. The molecule has 5 nitrogen and oxygen atoms in total. The van der Waals surface area contributed by atoms with Gasteiger partial charge in [-0.3, -0.25) is 9.89 Å². The van der Waals surface area contributed by atoms with Crippen LogP contribution in [-0.4, -0.2) is 81.8 Å². The number of likely N-dealkylation sites (N-methyl/N-ethyl adjacent to an activating group) is 2. The Morgan fingerprint density at radius 3 is 2.46 bits per heavy atom. The predicted octanol–water partition coefficient (Wildman–Crippen LogP) is 2.38. The number of aliphatic imine (C=N–C) groups is 1. The number of halogens is 4. The first-order chi connectivity index (χ1) is 11.8. The molecule has 3 atom stereocenters. The first kappa shape index (κ1) is 23.7. The quantitative estimate of drug-likeness (QED) is 0.360. The van der Waals surface area contributed by atoms with Gasteiger partial charge in [0.25, 0.3) is 0 Å². The van der Waals surface area contributed by atoms with Gasteiger partial charge in [0.05, 0.1) is 5.92 Å². The highest BCUT2D eigenvalue weighted by atomic mass is 127. The maximum atomic E-state index is 12.9. The van der Waals surface area contributed by atoms with E-state index in [1.165, 1.54) is 0 Å². The fourth-order valence-corrected chi connectivity index (χ4v) is 3.77. The summed E-state index contributed by atoms with van der Waals surface area (Å²) in [5.41, 5.74) is 0. The average Bonchev–Trinajstić information content (AvgIpc) is 2.57. The van der Waals surface area contributed by atoms with Gasteiger partial charge in [-0.05, 0) is 39.3 Å². The zero-order valence-corrected chi connectivity index (χ0v) is 18.3. The van der Waals surface area contributed by atoms with Gasteiger partial charge in [-0.1, -0.05) is 6.42 Å². The van der Waals surface area contributed by atoms with Crippen molar-refractivity contribution in [2.75, 3.05) is 53.9 Å². The van der Waals surface area contributed by atoms with Gasteiger partial charge in [0.15, 0.2) is 5.96 Å². The third-order valence-corrected chi connectivity index (χ3v) is 5.51. The Morgan fingerprint density at radius 2 is 1.81 bits per heavy atom. The van der Waals surface area contributed by atoms with Gasteiger partial charge in [-0.15, -0.1) is 24.0 Å². The molecule has 26 heavy (non-hydrogen) atoms. The van der Waals surface area contributed by atoms with Crippen LogP contribution in [0.1, 0.15) is 25.7 Å². The molecule has 0 radical (unpaired) electrons. The number of rotatable bonds is 4. The van der Waals surface area contributed by atoms with Crippen molar-refractivity contribution in [3.05, 3.63) is 0 Å². The van der Waals surface area contributed by atoms with E-state index in [0.717, 1.165) is 32.6 Å². The number of piperazine rings is 1. The standard InChI is InChI=1S/C17H32F3N5.HI/c1-21-16(23-11-15-12-24(2)7-8-25(15)3)22-10-13-5-4-6-14(9-13)17(18,19)20;/h13-15H,4-12H2,1-3H3,(H2,21,22,23);1H. The number of nitrogens with zero attached hydrogens (tertiary/aromatic N) is 3. The van der Waals surface area contributed by atoms with Crippen LogP contribution in [0.3, 0.4) is 0 Å². The molecule has 1 heterocycles. The summed E-state index contributed by atoms with van der Waals surface area (Å²) in [6, 6.07) is 0.404. The van der Waals surface area contributed by atoms with Gasteiger partial charge >= 0.3 is 6.18 Å². The highest BCUT2D eigenvalue weighted by Gasteiger charge is 2.42.